The third-order valence-corrected chi connectivity index (χ3v) is 3.51. The van der Waals surface area contributed by atoms with E-state index >= 15 is 0 Å². The molecular formula is C15H22N4. The molecule has 1 aromatic carbocycles. The maximum atomic E-state index is 4.04. The molecule has 1 unspecified atom stereocenters. The minimum atomic E-state index is 0.152. The van der Waals surface area contributed by atoms with Crippen molar-refractivity contribution in [3.63, 3.8) is 0 Å². The van der Waals surface area contributed by atoms with Crippen LogP contribution in [0.2, 0.25) is 0 Å². The van der Waals surface area contributed by atoms with Crippen molar-refractivity contribution in [3.8, 4) is 0 Å². The smallest absolute Gasteiger partial charge is 0.0798 e. The predicted octanol–water partition coefficient (Wildman–Crippen LogP) is 2.52. The fourth-order valence-corrected chi connectivity index (χ4v) is 2.19. The first-order chi connectivity index (χ1) is 9.13. The maximum Gasteiger partial charge on any atom is 0.0798 e. The molecule has 0 fully saturated rings. The summed E-state index contributed by atoms with van der Waals surface area (Å²) in [5.74, 6) is 0. The summed E-state index contributed by atoms with van der Waals surface area (Å²) in [5.41, 5.74) is 5.00. The molecule has 102 valence electrons. The molecule has 4 heteroatoms. The molecule has 4 nitrogen and oxygen atoms in total. The maximum absolute atomic E-state index is 4.04. The van der Waals surface area contributed by atoms with E-state index in [0.717, 1.165) is 18.7 Å². The van der Waals surface area contributed by atoms with E-state index in [4.69, 9.17) is 0 Å². The molecule has 1 N–H and O–H groups in total. The minimum Gasteiger partial charge on any atom is -0.305 e. The molecular weight excluding hydrogens is 236 g/mol. The van der Waals surface area contributed by atoms with Crippen molar-refractivity contribution in [2.45, 2.75) is 33.2 Å². The van der Waals surface area contributed by atoms with Gasteiger partial charge in [0.05, 0.1) is 17.9 Å². The zero-order valence-electron chi connectivity index (χ0n) is 12.1. The Morgan fingerprint density at radius 2 is 2.05 bits per heavy atom. The number of nitrogens with zero attached hydrogens (tertiary/aromatic N) is 3. The molecule has 0 bridgehead atoms. The van der Waals surface area contributed by atoms with Crippen molar-refractivity contribution in [2.75, 3.05) is 6.54 Å². The number of hydrogen-bond donors (Lipinski definition) is 1. The predicted molar refractivity (Wildman–Crippen MR) is 77.1 cm³/mol. The van der Waals surface area contributed by atoms with E-state index in [1.165, 1.54) is 16.7 Å². The van der Waals surface area contributed by atoms with Gasteiger partial charge in [0.25, 0.3) is 0 Å². The van der Waals surface area contributed by atoms with Crippen LogP contribution in [0.25, 0.3) is 0 Å². The number of hydrogen-bond acceptors (Lipinski definition) is 3. The molecule has 0 saturated heterocycles. The number of nitrogens with one attached hydrogen (secondary N) is 1. The fourth-order valence-electron chi connectivity index (χ4n) is 2.19. The Balaban J connectivity index is 2.37. The van der Waals surface area contributed by atoms with Crippen LogP contribution in [0.5, 0.6) is 0 Å². The zero-order chi connectivity index (χ0) is 13.8. The molecule has 1 heterocycles. The number of rotatable bonds is 5. The summed E-state index contributed by atoms with van der Waals surface area (Å²) >= 11 is 0. The largest absolute Gasteiger partial charge is 0.305 e. The van der Waals surface area contributed by atoms with Gasteiger partial charge in [0, 0.05) is 7.05 Å². The third-order valence-electron chi connectivity index (χ3n) is 3.51. The Morgan fingerprint density at radius 3 is 2.63 bits per heavy atom. The lowest BCUT2D eigenvalue weighted by Crippen LogP contribution is -2.25. The lowest BCUT2D eigenvalue weighted by atomic mass is 9.99. The topological polar surface area (TPSA) is 42.7 Å². The van der Waals surface area contributed by atoms with E-state index in [-0.39, 0.29) is 6.04 Å². The first-order valence-electron chi connectivity index (χ1n) is 6.78. The van der Waals surface area contributed by atoms with E-state index in [9.17, 15) is 0 Å². The molecule has 0 radical (unpaired) electrons. The normalized spacial score (nSPS) is 12.6. The van der Waals surface area contributed by atoms with Crippen LogP contribution >= 0.6 is 0 Å². The van der Waals surface area contributed by atoms with Gasteiger partial charge in [-0.1, -0.05) is 30.3 Å². The third kappa shape index (κ3) is 3.01. The summed E-state index contributed by atoms with van der Waals surface area (Å²) < 4.78 is 1.84. The van der Waals surface area contributed by atoms with Crippen LogP contribution in [0.15, 0.2) is 24.4 Å². The highest BCUT2D eigenvalue weighted by Crippen LogP contribution is 2.23. The first-order valence-corrected chi connectivity index (χ1v) is 6.78. The molecule has 2 rings (SSSR count). The highest BCUT2D eigenvalue weighted by molar-refractivity contribution is 5.34. The van der Waals surface area contributed by atoms with E-state index in [1.54, 1.807) is 0 Å². The number of aromatic nitrogens is 3. The molecule has 2 aromatic rings. The summed E-state index contributed by atoms with van der Waals surface area (Å²) in [6, 6.07) is 6.76. The molecule has 0 aliphatic heterocycles. The van der Waals surface area contributed by atoms with Gasteiger partial charge in [0.15, 0.2) is 0 Å². The van der Waals surface area contributed by atoms with Crippen LogP contribution in [0, 0.1) is 13.8 Å². The second-order valence-electron chi connectivity index (χ2n) is 5.01. The summed E-state index contributed by atoms with van der Waals surface area (Å²) in [6.07, 6.45) is 2.94. The SMILES string of the molecule is CCCNC(c1ccc(C)c(C)c1)c1cnnn1C. The highest BCUT2D eigenvalue weighted by atomic mass is 15.4. The van der Waals surface area contributed by atoms with E-state index < -0.39 is 0 Å². The monoisotopic (exact) mass is 258 g/mol. The van der Waals surface area contributed by atoms with Gasteiger partial charge in [-0.25, -0.2) is 0 Å². The van der Waals surface area contributed by atoms with Crippen LogP contribution in [-0.4, -0.2) is 21.5 Å². The molecule has 0 spiro atoms. The average Bonchev–Trinajstić information content (AvgIpc) is 2.80. The van der Waals surface area contributed by atoms with Crippen molar-refractivity contribution < 1.29 is 0 Å². The number of aryl methyl sites for hydroxylation is 3. The van der Waals surface area contributed by atoms with Crippen LogP contribution < -0.4 is 5.32 Å². The Labute approximate surface area is 114 Å². The molecule has 0 amide bonds. The van der Waals surface area contributed by atoms with Crippen molar-refractivity contribution in [1.29, 1.82) is 0 Å². The van der Waals surface area contributed by atoms with Gasteiger partial charge in [-0.3, -0.25) is 4.68 Å². The minimum absolute atomic E-state index is 0.152. The van der Waals surface area contributed by atoms with Gasteiger partial charge in [-0.05, 0) is 43.5 Å². The van der Waals surface area contributed by atoms with Gasteiger partial charge in [0.1, 0.15) is 0 Å². The average molecular weight is 258 g/mol. The van der Waals surface area contributed by atoms with E-state index in [1.807, 2.05) is 17.9 Å². The molecule has 1 aromatic heterocycles. The Kier molecular flexibility index (Phi) is 4.32. The summed E-state index contributed by atoms with van der Waals surface area (Å²) in [6.45, 7) is 7.44. The zero-order valence-corrected chi connectivity index (χ0v) is 12.1. The Morgan fingerprint density at radius 1 is 1.26 bits per heavy atom. The van der Waals surface area contributed by atoms with Gasteiger partial charge >= 0.3 is 0 Å². The summed E-state index contributed by atoms with van der Waals surface area (Å²) in [5, 5.41) is 11.6. The molecule has 0 saturated carbocycles. The fraction of sp³-hybridized carbons (Fsp3) is 0.467. The second kappa shape index (κ2) is 5.97. The highest BCUT2D eigenvalue weighted by Gasteiger charge is 2.17. The summed E-state index contributed by atoms with van der Waals surface area (Å²) in [7, 11) is 1.93. The molecule has 1 atom stereocenters. The Hall–Kier alpha value is -1.68. The van der Waals surface area contributed by atoms with Crippen LogP contribution in [-0.2, 0) is 7.05 Å². The van der Waals surface area contributed by atoms with Gasteiger partial charge in [-0.15, -0.1) is 5.10 Å². The first kappa shape index (κ1) is 13.7. The second-order valence-corrected chi connectivity index (χ2v) is 5.01. The molecule has 0 aliphatic carbocycles. The van der Waals surface area contributed by atoms with Crippen molar-refractivity contribution in [3.05, 3.63) is 46.8 Å². The lowest BCUT2D eigenvalue weighted by molar-refractivity contribution is 0.550. The number of benzene rings is 1. The van der Waals surface area contributed by atoms with Crippen molar-refractivity contribution in [2.24, 2.45) is 7.05 Å². The quantitative estimate of drug-likeness (QED) is 0.896. The van der Waals surface area contributed by atoms with Crippen molar-refractivity contribution >= 4 is 0 Å². The van der Waals surface area contributed by atoms with Crippen LogP contribution in [0.4, 0.5) is 0 Å². The van der Waals surface area contributed by atoms with Crippen LogP contribution in [0.3, 0.4) is 0 Å². The standard InChI is InChI=1S/C15H22N4/c1-5-8-16-15(14-10-17-18-19(14)4)13-7-6-11(2)12(3)9-13/h6-7,9-10,15-16H,5,8H2,1-4H3. The lowest BCUT2D eigenvalue weighted by Gasteiger charge is -2.19. The Bertz CT molecular complexity index is 545. The van der Waals surface area contributed by atoms with Crippen LogP contribution in [0.1, 0.15) is 41.8 Å². The summed E-state index contributed by atoms with van der Waals surface area (Å²) in [4.78, 5) is 0. The van der Waals surface area contributed by atoms with Gasteiger partial charge < -0.3 is 5.32 Å². The van der Waals surface area contributed by atoms with E-state index in [0.29, 0.717) is 0 Å². The van der Waals surface area contributed by atoms with Gasteiger partial charge in [-0.2, -0.15) is 0 Å². The molecule has 0 aliphatic rings. The van der Waals surface area contributed by atoms with Gasteiger partial charge in [0.2, 0.25) is 0 Å². The van der Waals surface area contributed by atoms with E-state index in [2.05, 4.69) is 54.6 Å². The molecule has 19 heavy (non-hydrogen) atoms. The van der Waals surface area contributed by atoms with Crippen molar-refractivity contribution in [1.82, 2.24) is 20.3 Å².